The fourth-order valence-electron chi connectivity index (χ4n) is 4.21. The maximum Gasteiger partial charge on any atom is 0.308 e. The van der Waals surface area contributed by atoms with Crippen molar-refractivity contribution in [2.45, 2.75) is 58.4 Å². The Labute approximate surface area is 159 Å². The van der Waals surface area contributed by atoms with E-state index in [2.05, 4.69) is 6.07 Å². The van der Waals surface area contributed by atoms with E-state index in [9.17, 15) is 14.7 Å². The van der Waals surface area contributed by atoms with Crippen LogP contribution in [0.2, 0.25) is 0 Å². The van der Waals surface area contributed by atoms with Crippen LogP contribution in [0.15, 0.2) is 18.2 Å². The SMILES string of the molecule is Cc1cc(C)c2nc(C3CC3)cc(C(=O)N3CC(C(=O)O)CCC3C)c2c1. The maximum absolute atomic E-state index is 13.5. The molecule has 5 heteroatoms. The first-order valence-corrected chi connectivity index (χ1v) is 9.81. The number of carboxylic acids is 1. The lowest BCUT2D eigenvalue weighted by Crippen LogP contribution is -2.47. The minimum absolute atomic E-state index is 0.0478. The Kier molecular flexibility index (Phi) is 4.41. The Morgan fingerprint density at radius 3 is 2.52 bits per heavy atom. The summed E-state index contributed by atoms with van der Waals surface area (Å²) in [5.74, 6) is -0.908. The smallest absolute Gasteiger partial charge is 0.308 e. The van der Waals surface area contributed by atoms with Gasteiger partial charge in [-0.1, -0.05) is 11.6 Å². The summed E-state index contributed by atoms with van der Waals surface area (Å²) in [5.41, 5.74) is 4.75. The van der Waals surface area contributed by atoms with Crippen molar-refractivity contribution in [3.63, 3.8) is 0 Å². The van der Waals surface area contributed by atoms with Gasteiger partial charge in [0.15, 0.2) is 0 Å². The number of amides is 1. The molecule has 0 bridgehead atoms. The number of fused-ring (bicyclic) bond motifs is 1. The lowest BCUT2D eigenvalue weighted by molar-refractivity contribution is -0.143. The number of hydrogen-bond donors (Lipinski definition) is 1. The highest BCUT2D eigenvalue weighted by Crippen LogP contribution is 2.41. The molecule has 2 heterocycles. The fourth-order valence-corrected chi connectivity index (χ4v) is 4.21. The van der Waals surface area contributed by atoms with Crippen LogP contribution < -0.4 is 0 Å². The van der Waals surface area contributed by atoms with Crippen molar-refractivity contribution in [2.75, 3.05) is 6.54 Å². The summed E-state index contributed by atoms with van der Waals surface area (Å²) >= 11 is 0. The molecule has 1 aliphatic carbocycles. The molecule has 1 aromatic heterocycles. The van der Waals surface area contributed by atoms with Gasteiger partial charge in [0.05, 0.1) is 17.0 Å². The van der Waals surface area contributed by atoms with Gasteiger partial charge in [0, 0.05) is 29.6 Å². The molecule has 0 spiro atoms. The molecule has 1 aliphatic heterocycles. The summed E-state index contributed by atoms with van der Waals surface area (Å²) in [6, 6.07) is 6.14. The largest absolute Gasteiger partial charge is 0.481 e. The zero-order valence-corrected chi connectivity index (χ0v) is 16.2. The molecule has 1 saturated carbocycles. The van der Waals surface area contributed by atoms with Gasteiger partial charge < -0.3 is 10.0 Å². The van der Waals surface area contributed by atoms with Crippen molar-refractivity contribution in [3.8, 4) is 0 Å². The van der Waals surface area contributed by atoms with Crippen LogP contribution in [-0.4, -0.2) is 39.5 Å². The van der Waals surface area contributed by atoms with E-state index in [-0.39, 0.29) is 18.5 Å². The second-order valence-corrected chi connectivity index (χ2v) is 8.27. The summed E-state index contributed by atoms with van der Waals surface area (Å²) in [4.78, 5) is 31.6. The molecule has 2 aromatic rings. The molecule has 0 radical (unpaired) electrons. The van der Waals surface area contributed by atoms with Crippen LogP contribution >= 0.6 is 0 Å². The standard InChI is InChI=1S/C22H26N2O3/c1-12-8-13(2)20-17(9-12)18(10-19(23-20)15-6-7-15)21(25)24-11-16(22(26)27)5-4-14(24)3/h8-10,14-16H,4-7,11H2,1-3H3,(H,26,27). The van der Waals surface area contributed by atoms with Crippen molar-refractivity contribution >= 4 is 22.8 Å². The van der Waals surface area contributed by atoms with E-state index in [0.29, 0.717) is 17.9 Å². The second-order valence-electron chi connectivity index (χ2n) is 8.27. The Bertz CT molecular complexity index is 933. The molecule has 2 fully saturated rings. The number of hydrogen-bond acceptors (Lipinski definition) is 3. The number of aryl methyl sites for hydroxylation is 2. The number of aliphatic carboxylic acids is 1. The van der Waals surface area contributed by atoms with E-state index in [1.165, 1.54) is 0 Å². The monoisotopic (exact) mass is 366 g/mol. The lowest BCUT2D eigenvalue weighted by atomic mass is 9.92. The number of nitrogens with zero attached hydrogens (tertiary/aromatic N) is 2. The zero-order chi connectivity index (χ0) is 19.3. The number of likely N-dealkylation sites (tertiary alicyclic amines) is 1. The average molecular weight is 366 g/mol. The number of piperidine rings is 1. The number of carboxylic acid groups (broad SMARTS) is 1. The molecule has 2 aliphatic rings. The van der Waals surface area contributed by atoms with E-state index >= 15 is 0 Å². The number of rotatable bonds is 3. The fraction of sp³-hybridized carbons (Fsp3) is 0.500. The molecule has 2 atom stereocenters. The maximum atomic E-state index is 13.5. The normalized spacial score (nSPS) is 22.9. The van der Waals surface area contributed by atoms with Crippen LogP contribution in [0.1, 0.15) is 65.7 Å². The molecule has 1 N–H and O–H groups in total. The van der Waals surface area contributed by atoms with E-state index in [1.807, 2.05) is 32.9 Å². The third kappa shape index (κ3) is 3.31. The molecule has 4 rings (SSSR count). The molecule has 1 aromatic carbocycles. The summed E-state index contributed by atoms with van der Waals surface area (Å²) in [6.07, 6.45) is 3.60. The first kappa shape index (κ1) is 18.0. The first-order valence-electron chi connectivity index (χ1n) is 9.81. The highest BCUT2D eigenvalue weighted by atomic mass is 16.4. The molecular formula is C22H26N2O3. The second kappa shape index (κ2) is 6.63. The van der Waals surface area contributed by atoms with Crippen LogP contribution in [0.4, 0.5) is 0 Å². The van der Waals surface area contributed by atoms with Crippen LogP contribution in [0, 0.1) is 19.8 Å². The van der Waals surface area contributed by atoms with Gasteiger partial charge in [0.2, 0.25) is 0 Å². The van der Waals surface area contributed by atoms with Crippen LogP contribution in [0.3, 0.4) is 0 Å². The summed E-state index contributed by atoms with van der Waals surface area (Å²) in [7, 11) is 0. The van der Waals surface area contributed by atoms with Crippen LogP contribution in [0.5, 0.6) is 0 Å². The van der Waals surface area contributed by atoms with Crippen molar-refractivity contribution in [1.82, 2.24) is 9.88 Å². The number of benzene rings is 1. The molecule has 1 amide bonds. The molecule has 5 nitrogen and oxygen atoms in total. The van der Waals surface area contributed by atoms with Crippen molar-refractivity contribution in [3.05, 3.63) is 40.6 Å². The van der Waals surface area contributed by atoms with Crippen LogP contribution in [-0.2, 0) is 4.79 Å². The predicted molar refractivity (Wildman–Crippen MR) is 104 cm³/mol. The van der Waals surface area contributed by atoms with Gasteiger partial charge >= 0.3 is 5.97 Å². The Balaban J connectivity index is 1.81. The van der Waals surface area contributed by atoms with Crippen molar-refractivity contribution in [2.24, 2.45) is 5.92 Å². The Morgan fingerprint density at radius 2 is 1.85 bits per heavy atom. The van der Waals surface area contributed by atoms with Gasteiger partial charge in [-0.3, -0.25) is 14.6 Å². The molecule has 142 valence electrons. The van der Waals surface area contributed by atoms with E-state index in [1.54, 1.807) is 4.90 Å². The van der Waals surface area contributed by atoms with Gasteiger partial charge in [-0.15, -0.1) is 0 Å². The van der Waals surface area contributed by atoms with Crippen LogP contribution in [0.25, 0.3) is 10.9 Å². The summed E-state index contributed by atoms with van der Waals surface area (Å²) < 4.78 is 0. The van der Waals surface area contributed by atoms with Gasteiger partial charge in [-0.25, -0.2) is 0 Å². The van der Waals surface area contributed by atoms with Crippen molar-refractivity contribution < 1.29 is 14.7 Å². The van der Waals surface area contributed by atoms with Gasteiger partial charge in [-0.05, 0) is 64.2 Å². The highest BCUT2D eigenvalue weighted by molar-refractivity contribution is 6.07. The zero-order valence-electron chi connectivity index (χ0n) is 16.2. The third-order valence-corrected chi connectivity index (χ3v) is 5.99. The van der Waals surface area contributed by atoms with E-state index in [0.717, 1.165) is 47.0 Å². The van der Waals surface area contributed by atoms with Gasteiger partial charge in [0.1, 0.15) is 0 Å². The minimum Gasteiger partial charge on any atom is -0.481 e. The minimum atomic E-state index is -0.815. The number of pyridine rings is 1. The average Bonchev–Trinajstić information content (AvgIpc) is 3.45. The highest BCUT2D eigenvalue weighted by Gasteiger charge is 2.34. The summed E-state index contributed by atoms with van der Waals surface area (Å²) in [5, 5.41) is 10.3. The quantitative estimate of drug-likeness (QED) is 0.889. The predicted octanol–water partition coefficient (Wildman–Crippen LogP) is 4.05. The third-order valence-electron chi connectivity index (χ3n) is 5.99. The molecular weight excluding hydrogens is 340 g/mol. The first-order chi connectivity index (χ1) is 12.8. The number of carbonyl (C=O) groups is 2. The molecule has 2 unspecified atom stereocenters. The molecule has 1 saturated heterocycles. The number of carbonyl (C=O) groups excluding carboxylic acids is 1. The van der Waals surface area contributed by atoms with Gasteiger partial charge in [0.25, 0.3) is 5.91 Å². The Hall–Kier alpha value is -2.43. The summed E-state index contributed by atoms with van der Waals surface area (Å²) in [6.45, 7) is 6.36. The Morgan fingerprint density at radius 1 is 1.11 bits per heavy atom. The van der Waals surface area contributed by atoms with E-state index < -0.39 is 11.9 Å². The topological polar surface area (TPSA) is 70.5 Å². The van der Waals surface area contributed by atoms with E-state index in [4.69, 9.17) is 4.98 Å². The lowest BCUT2D eigenvalue weighted by Gasteiger charge is -2.36. The molecule has 27 heavy (non-hydrogen) atoms. The number of aromatic nitrogens is 1. The van der Waals surface area contributed by atoms with Gasteiger partial charge in [-0.2, -0.15) is 0 Å². The van der Waals surface area contributed by atoms with Crippen molar-refractivity contribution in [1.29, 1.82) is 0 Å².